The SMILES string of the molecule is CCc1ccc(CCc2ccc3c(F)c(CCc4cc(F)c(Cl)c(F)c4)ccc3c2)nc1. The van der Waals surface area contributed by atoms with Crippen LogP contribution in [0.2, 0.25) is 5.02 Å². The van der Waals surface area contributed by atoms with Crippen LogP contribution in [-0.4, -0.2) is 4.98 Å². The van der Waals surface area contributed by atoms with E-state index in [-0.39, 0.29) is 5.82 Å². The van der Waals surface area contributed by atoms with Crippen LogP contribution in [-0.2, 0) is 32.1 Å². The molecule has 0 spiro atoms. The molecule has 4 rings (SSSR count). The number of rotatable bonds is 7. The average Bonchev–Trinajstić information content (AvgIpc) is 2.81. The third-order valence-electron chi connectivity index (χ3n) is 5.79. The van der Waals surface area contributed by atoms with Crippen molar-refractivity contribution < 1.29 is 13.2 Å². The lowest BCUT2D eigenvalue weighted by Crippen LogP contribution is -1.99. The fourth-order valence-corrected chi connectivity index (χ4v) is 3.96. The van der Waals surface area contributed by atoms with Crippen LogP contribution in [0.5, 0.6) is 0 Å². The molecule has 1 aromatic heterocycles. The summed E-state index contributed by atoms with van der Waals surface area (Å²) in [5.74, 6) is -1.89. The Bertz CT molecular complexity index is 1230. The maximum Gasteiger partial charge on any atom is 0.145 e. The van der Waals surface area contributed by atoms with Crippen LogP contribution in [0.3, 0.4) is 0 Å². The zero-order valence-corrected chi connectivity index (χ0v) is 18.5. The first-order valence-electron chi connectivity index (χ1n) is 10.7. The largest absolute Gasteiger partial charge is 0.261 e. The average molecular weight is 454 g/mol. The normalized spacial score (nSPS) is 11.3. The number of benzene rings is 3. The third kappa shape index (κ3) is 4.97. The summed E-state index contributed by atoms with van der Waals surface area (Å²) in [5, 5.41) is 0.863. The number of hydrogen-bond donors (Lipinski definition) is 0. The summed E-state index contributed by atoms with van der Waals surface area (Å²) < 4.78 is 42.4. The molecule has 0 amide bonds. The molecule has 0 saturated carbocycles. The molecule has 1 nitrogen and oxygen atoms in total. The molecule has 0 aliphatic rings. The quantitative estimate of drug-likeness (QED) is 0.265. The zero-order chi connectivity index (χ0) is 22.7. The minimum absolute atomic E-state index is 0.291. The highest BCUT2D eigenvalue weighted by Gasteiger charge is 2.12. The van der Waals surface area contributed by atoms with E-state index in [1.54, 1.807) is 12.1 Å². The molecule has 3 aromatic carbocycles. The lowest BCUT2D eigenvalue weighted by atomic mass is 9.97. The van der Waals surface area contributed by atoms with Gasteiger partial charge in [0.15, 0.2) is 0 Å². The van der Waals surface area contributed by atoms with Crippen LogP contribution in [0.1, 0.15) is 34.9 Å². The van der Waals surface area contributed by atoms with E-state index in [0.717, 1.165) is 35.9 Å². The van der Waals surface area contributed by atoms with Gasteiger partial charge in [-0.15, -0.1) is 0 Å². The summed E-state index contributed by atoms with van der Waals surface area (Å²) >= 11 is 5.53. The lowest BCUT2D eigenvalue weighted by molar-refractivity contribution is 0.579. The molecule has 32 heavy (non-hydrogen) atoms. The van der Waals surface area contributed by atoms with Gasteiger partial charge in [-0.2, -0.15) is 0 Å². The van der Waals surface area contributed by atoms with Gasteiger partial charge in [-0.05, 0) is 77.9 Å². The van der Waals surface area contributed by atoms with Crippen molar-refractivity contribution in [1.82, 2.24) is 4.98 Å². The second-order valence-corrected chi connectivity index (χ2v) is 8.36. The van der Waals surface area contributed by atoms with E-state index >= 15 is 4.39 Å². The van der Waals surface area contributed by atoms with Crippen LogP contribution in [0, 0.1) is 17.5 Å². The monoisotopic (exact) mass is 453 g/mol. The Hall–Kier alpha value is -2.85. The molecule has 0 aliphatic heterocycles. The number of aryl methyl sites for hydroxylation is 5. The van der Waals surface area contributed by atoms with Crippen molar-refractivity contribution in [3.63, 3.8) is 0 Å². The van der Waals surface area contributed by atoms with E-state index in [9.17, 15) is 8.78 Å². The minimum Gasteiger partial charge on any atom is -0.261 e. The minimum atomic E-state index is -0.801. The van der Waals surface area contributed by atoms with Crippen LogP contribution >= 0.6 is 11.6 Å². The van der Waals surface area contributed by atoms with E-state index in [1.165, 1.54) is 17.7 Å². The van der Waals surface area contributed by atoms with E-state index in [1.807, 2.05) is 24.4 Å². The van der Waals surface area contributed by atoms with Gasteiger partial charge in [0.25, 0.3) is 0 Å². The number of hydrogen-bond acceptors (Lipinski definition) is 1. The predicted molar refractivity (Wildman–Crippen MR) is 124 cm³/mol. The molecule has 1 heterocycles. The zero-order valence-electron chi connectivity index (χ0n) is 17.8. The summed E-state index contributed by atoms with van der Waals surface area (Å²) in [6, 6.07) is 16.0. The van der Waals surface area contributed by atoms with Gasteiger partial charge in [-0.3, -0.25) is 4.98 Å². The van der Waals surface area contributed by atoms with Crippen LogP contribution in [0.4, 0.5) is 13.2 Å². The van der Waals surface area contributed by atoms with Gasteiger partial charge in [-0.25, -0.2) is 13.2 Å². The summed E-state index contributed by atoms with van der Waals surface area (Å²) in [5.41, 5.74) is 4.34. The van der Waals surface area contributed by atoms with E-state index in [0.29, 0.717) is 29.4 Å². The highest BCUT2D eigenvalue weighted by atomic mass is 35.5. The van der Waals surface area contributed by atoms with E-state index < -0.39 is 16.7 Å². The Kier molecular flexibility index (Phi) is 6.80. The Morgan fingerprint density at radius 2 is 1.47 bits per heavy atom. The van der Waals surface area contributed by atoms with Crippen molar-refractivity contribution in [1.29, 1.82) is 0 Å². The van der Waals surface area contributed by atoms with Crippen molar-refractivity contribution in [2.75, 3.05) is 0 Å². The molecule has 0 fully saturated rings. The standard InChI is InChI=1S/C27H23ClF3N/c1-2-17-4-10-22(32-16-17)11-5-18-6-12-23-21(13-18)9-8-20(27(23)31)7-3-19-14-24(29)26(28)25(30)15-19/h4,6,8-10,12-16H,2-3,5,7,11H2,1H3. The van der Waals surface area contributed by atoms with Crippen molar-refractivity contribution in [3.05, 3.63) is 111 Å². The highest BCUT2D eigenvalue weighted by Crippen LogP contribution is 2.25. The van der Waals surface area contributed by atoms with Gasteiger partial charge in [0.05, 0.1) is 0 Å². The summed E-state index contributed by atoms with van der Waals surface area (Å²) in [6.07, 6.45) is 5.19. The molecule has 0 aliphatic carbocycles. The van der Waals surface area contributed by atoms with Gasteiger partial charge in [0.1, 0.15) is 22.5 Å². The maximum atomic E-state index is 15.1. The van der Waals surface area contributed by atoms with Gasteiger partial charge >= 0.3 is 0 Å². The number of pyridine rings is 1. The van der Waals surface area contributed by atoms with Crippen LogP contribution < -0.4 is 0 Å². The molecule has 0 unspecified atom stereocenters. The first-order chi connectivity index (χ1) is 15.4. The van der Waals surface area contributed by atoms with Crippen molar-refractivity contribution in [3.8, 4) is 0 Å². The summed E-state index contributed by atoms with van der Waals surface area (Å²) in [6.45, 7) is 2.10. The van der Waals surface area contributed by atoms with Gasteiger partial charge in [-0.1, -0.05) is 54.9 Å². The van der Waals surface area contributed by atoms with Gasteiger partial charge in [0, 0.05) is 17.3 Å². The van der Waals surface area contributed by atoms with E-state index in [2.05, 4.69) is 24.0 Å². The Balaban J connectivity index is 1.46. The van der Waals surface area contributed by atoms with Crippen LogP contribution in [0.15, 0.2) is 60.8 Å². The molecule has 0 radical (unpaired) electrons. The number of halogens is 4. The smallest absolute Gasteiger partial charge is 0.145 e. The molecule has 5 heteroatoms. The second kappa shape index (κ2) is 9.74. The highest BCUT2D eigenvalue weighted by molar-refractivity contribution is 6.30. The van der Waals surface area contributed by atoms with Crippen molar-refractivity contribution in [2.24, 2.45) is 0 Å². The molecule has 0 bridgehead atoms. The Labute approximate surface area is 190 Å². The lowest BCUT2D eigenvalue weighted by Gasteiger charge is -2.10. The van der Waals surface area contributed by atoms with Crippen LogP contribution in [0.25, 0.3) is 10.8 Å². The number of aromatic nitrogens is 1. The maximum absolute atomic E-state index is 15.1. The van der Waals surface area contributed by atoms with E-state index in [4.69, 9.17) is 11.6 Å². The van der Waals surface area contributed by atoms with Gasteiger partial charge in [0.2, 0.25) is 0 Å². The first kappa shape index (κ1) is 22.3. The molecule has 4 aromatic rings. The number of fused-ring (bicyclic) bond motifs is 1. The second-order valence-electron chi connectivity index (χ2n) is 7.98. The Morgan fingerprint density at radius 3 is 2.16 bits per heavy atom. The topological polar surface area (TPSA) is 12.9 Å². The fourth-order valence-electron chi connectivity index (χ4n) is 3.85. The molecule has 0 N–H and O–H groups in total. The molecular formula is C27H23ClF3N. The fraction of sp³-hybridized carbons (Fsp3) is 0.222. The molecule has 164 valence electrons. The molecule has 0 saturated heterocycles. The Morgan fingerprint density at radius 1 is 0.750 bits per heavy atom. The first-order valence-corrected chi connectivity index (χ1v) is 11.1. The summed E-state index contributed by atoms with van der Waals surface area (Å²) in [4.78, 5) is 4.50. The predicted octanol–water partition coefficient (Wildman–Crippen LogP) is 7.44. The van der Waals surface area contributed by atoms with Crippen molar-refractivity contribution in [2.45, 2.75) is 39.0 Å². The molecular weight excluding hydrogens is 431 g/mol. The van der Waals surface area contributed by atoms with Gasteiger partial charge < -0.3 is 0 Å². The molecule has 0 atom stereocenters. The third-order valence-corrected chi connectivity index (χ3v) is 6.15. The van der Waals surface area contributed by atoms with Crippen molar-refractivity contribution >= 4 is 22.4 Å². The summed E-state index contributed by atoms with van der Waals surface area (Å²) in [7, 11) is 0. The number of nitrogens with zero attached hydrogens (tertiary/aromatic N) is 1.